The van der Waals surface area contributed by atoms with Crippen LogP contribution in [-0.2, 0) is 9.53 Å². The van der Waals surface area contributed by atoms with E-state index >= 15 is 0 Å². The fourth-order valence-electron chi connectivity index (χ4n) is 1.81. The second kappa shape index (κ2) is 7.56. The number of hydrogen-bond donors (Lipinski definition) is 1. The number of carbonyl (C=O) groups is 2. The molecular formula is C17H13BrN2O3. The molecule has 1 amide bonds. The van der Waals surface area contributed by atoms with Gasteiger partial charge in [0.05, 0.1) is 17.2 Å². The summed E-state index contributed by atoms with van der Waals surface area (Å²) in [6, 6.07) is 15.2. The van der Waals surface area contributed by atoms with Crippen LogP contribution in [0.2, 0.25) is 0 Å². The monoisotopic (exact) mass is 372 g/mol. The Morgan fingerprint density at radius 2 is 1.96 bits per heavy atom. The molecule has 2 aromatic carbocycles. The lowest BCUT2D eigenvalue weighted by molar-refractivity contribution is -0.123. The molecule has 6 heteroatoms. The smallest absolute Gasteiger partial charge is 0.338 e. The number of benzene rings is 2. The summed E-state index contributed by atoms with van der Waals surface area (Å²) in [6.45, 7) is 1.49. The number of esters is 1. The molecule has 5 nitrogen and oxygen atoms in total. The number of nitrogens with zero attached hydrogens (tertiary/aromatic N) is 1. The zero-order valence-corrected chi connectivity index (χ0v) is 13.8. The van der Waals surface area contributed by atoms with Gasteiger partial charge in [-0.3, -0.25) is 4.79 Å². The fourth-order valence-corrected chi connectivity index (χ4v) is 2.21. The molecule has 2 rings (SSSR count). The van der Waals surface area contributed by atoms with E-state index < -0.39 is 18.0 Å². The molecule has 23 heavy (non-hydrogen) atoms. The average Bonchev–Trinajstić information content (AvgIpc) is 2.54. The quantitative estimate of drug-likeness (QED) is 0.832. The third kappa shape index (κ3) is 4.66. The van der Waals surface area contributed by atoms with Crippen LogP contribution in [-0.4, -0.2) is 18.0 Å². The van der Waals surface area contributed by atoms with Crippen molar-refractivity contribution in [3.05, 3.63) is 64.1 Å². The maximum absolute atomic E-state index is 12.1. The van der Waals surface area contributed by atoms with Gasteiger partial charge in [-0.25, -0.2) is 4.79 Å². The number of hydrogen-bond acceptors (Lipinski definition) is 4. The molecule has 0 heterocycles. The van der Waals surface area contributed by atoms with Gasteiger partial charge in [-0.15, -0.1) is 0 Å². The van der Waals surface area contributed by atoms with E-state index in [0.29, 0.717) is 16.8 Å². The third-order valence-corrected chi connectivity index (χ3v) is 3.47. The van der Waals surface area contributed by atoms with Crippen LogP contribution < -0.4 is 5.32 Å². The summed E-state index contributed by atoms with van der Waals surface area (Å²) < 4.78 is 5.89. The zero-order valence-electron chi connectivity index (χ0n) is 12.2. The minimum atomic E-state index is -0.966. The second-order valence-electron chi connectivity index (χ2n) is 4.74. The van der Waals surface area contributed by atoms with Gasteiger partial charge in [0.15, 0.2) is 6.10 Å². The Balaban J connectivity index is 1.99. The maximum atomic E-state index is 12.1. The molecule has 0 radical (unpaired) electrons. The largest absolute Gasteiger partial charge is 0.449 e. The molecule has 0 aliphatic heterocycles. The van der Waals surface area contributed by atoms with Crippen LogP contribution in [0.5, 0.6) is 0 Å². The van der Waals surface area contributed by atoms with Crippen molar-refractivity contribution in [1.29, 1.82) is 5.26 Å². The van der Waals surface area contributed by atoms with Crippen molar-refractivity contribution in [1.82, 2.24) is 0 Å². The normalized spacial score (nSPS) is 11.2. The van der Waals surface area contributed by atoms with E-state index in [1.165, 1.54) is 6.92 Å². The van der Waals surface area contributed by atoms with Gasteiger partial charge in [0.25, 0.3) is 5.91 Å². The first-order chi connectivity index (χ1) is 11.0. The Bertz CT molecular complexity index is 783. The Morgan fingerprint density at radius 1 is 1.22 bits per heavy atom. The molecule has 1 atom stereocenters. The number of ether oxygens (including phenoxy) is 1. The lowest BCUT2D eigenvalue weighted by Crippen LogP contribution is -2.30. The summed E-state index contributed by atoms with van der Waals surface area (Å²) in [5.74, 6) is -1.05. The first-order valence-electron chi connectivity index (χ1n) is 6.77. The van der Waals surface area contributed by atoms with Crippen LogP contribution in [0.3, 0.4) is 0 Å². The topological polar surface area (TPSA) is 79.2 Å². The highest BCUT2D eigenvalue weighted by Gasteiger charge is 2.19. The van der Waals surface area contributed by atoms with Crippen LogP contribution in [0.25, 0.3) is 0 Å². The predicted octanol–water partition coefficient (Wildman–Crippen LogP) is 3.50. The lowest BCUT2D eigenvalue weighted by atomic mass is 10.2. The number of halogens is 1. The van der Waals surface area contributed by atoms with E-state index in [2.05, 4.69) is 21.2 Å². The van der Waals surface area contributed by atoms with Crippen molar-refractivity contribution >= 4 is 33.5 Å². The van der Waals surface area contributed by atoms with Crippen LogP contribution in [0.4, 0.5) is 5.69 Å². The van der Waals surface area contributed by atoms with Gasteiger partial charge in [-0.1, -0.05) is 28.1 Å². The highest BCUT2D eigenvalue weighted by Crippen LogP contribution is 2.14. The van der Waals surface area contributed by atoms with E-state index in [1.54, 1.807) is 48.5 Å². The first-order valence-corrected chi connectivity index (χ1v) is 7.56. The zero-order chi connectivity index (χ0) is 16.8. The lowest BCUT2D eigenvalue weighted by Gasteiger charge is -2.13. The molecule has 1 N–H and O–H groups in total. The van der Waals surface area contributed by atoms with Gasteiger partial charge in [-0.05, 0) is 43.3 Å². The minimum absolute atomic E-state index is 0.352. The number of carbonyl (C=O) groups excluding carboxylic acids is 2. The molecule has 0 bridgehead atoms. The van der Waals surface area contributed by atoms with Crippen LogP contribution >= 0.6 is 15.9 Å². The Kier molecular flexibility index (Phi) is 5.50. The van der Waals surface area contributed by atoms with E-state index in [4.69, 9.17) is 10.00 Å². The van der Waals surface area contributed by atoms with E-state index in [9.17, 15) is 9.59 Å². The number of amides is 1. The highest BCUT2D eigenvalue weighted by molar-refractivity contribution is 9.10. The minimum Gasteiger partial charge on any atom is -0.449 e. The molecule has 0 saturated heterocycles. The van der Waals surface area contributed by atoms with Crippen molar-refractivity contribution in [3.8, 4) is 6.07 Å². The van der Waals surface area contributed by atoms with E-state index in [1.807, 2.05) is 6.07 Å². The van der Waals surface area contributed by atoms with Crippen LogP contribution in [0.15, 0.2) is 53.0 Å². The average molecular weight is 373 g/mol. The summed E-state index contributed by atoms with van der Waals surface area (Å²) in [5, 5.41) is 11.4. The van der Waals surface area contributed by atoms with Crippen molar-refractivity contribution in [2.75, 3.05) is 5.32 Å². The SMILES string of the molecule is C[C@@H](OC(=O)c1cccc(Br)c1)C(=O)Nc1cccc(C#N)c1. The molecule has 0 unspecified atom stereocenters. The summed E-state index contributed by atoms with van der Waals surface area (Å²) in [5.41, 5.74) is 1.26. The summed E-state index contributed by atoms with van der Waals surface area (Å²) in [6.07, 6.45) is -0.966. The molecule has 0 spiro atoms. The molecule has 0 aliphatic carbocycles. The van der Waals surface area contributed by atoms with Gasteiger partial charge in [0, 0.05) is 10.2 Å². The Morgan fingerprint density at radius 3 is 2.65 bits per heavy atom. The number of anilines is 1. The maximum Gasteiger partial charge on any atom is 0.338 e. The van der Waals surface area contributed by atoms with Crippen LogP contribution in [0.1, 0.15) is 22.8 Å². The fraction of sp³-hybridized carbons (Fsp3) is 0.118. The predicted molar refractivity (Wildman–Crippen MR) is 88.8 cm³/mol. The van der Waals surface area contributed by atoms with Gasteiger partial charge >= 0.3 is 5.97 Å². The number of nitrogens with one attached hydrogen (secondary N) is 1. The molecule has 0 fully saturated rings. The number of rotatable bonds is 4. The Labute approximate surface area is 142 Å². The first kappa shape index (κ1) is 16.7. The molecule has 116 valence electrons. The summed E-state index contributed by atoms with van der Waals surface area (Å²) in [4.78, 5) is 24.1. The van der Waals surface area contributed by atoms with Gasteiger partial charge in [-0.2, -0.15) is 5.26 Å². The molecule has 0 aliphatic rings. The van der Waals surface area contributed by atoms with E-state index in [0.717, 1.165) is 4.47 Å². The van der Waals surface area contributed by atoms with Crippen molar-refractivity contribution in [3.63, 3.8) is 0 Å². The third-order valence-electron chi connectivity index (χ3n) is 2.97. The second-order valence-corrected chi connectivity index (χ2v) is 5.66. The highest BCUT2D eigenvalue weighted by atomic mass is 79.9. The Hall–Kier alpha value is -2.65. The van der Waals surface area contributed by atoms with Gasteiger partial charge in [0.2, 0.25) is 0 Å². The van der Waals surface area contributed by atoms with Gasteiger partial charge in [0.1, 0.15) is 0 Å². The van der Waals surface area contributed by atoms with Crippen molar-refractivity contribution in [2.24, 2.45) is 0 Å². The molecule has 0 saturated carbocycles. The van der Waals surface area contributed by atoms with E-state index in [-0.39, 0.29) is 0 Å². The number of nitriles is 1. The van der Waals surface area contributed by atoms with Crippen LogP contribution in [0, 0.1) is 11.3 Å². The van der Waals surface area contributed by atoms with Gasteiger partial charge < -0.3 is 10.1 Å². The summed E-state index contributed by atoms with van der Waals surface area (Å²) >= 11 is 3.27. The molecule has 0 aromatic heterocycles. The van der Waals surface area contributed by atoms with Crippen molar-refractivity contribution < 1.29 is 14.3 Å². The standard InChI is InChI=1S/C17H13BrN2O3/c1-11(23-17(22)13-5-3-6-14(18)9-13)16(21)20-15-7-2-4-12(8-15)10-19/h2-9,11H,1H3,(H,20,21)/t11-/m1/s1. The molecular weight excluding hydrogens is 360 g/mol. The molecule has 2 aromatic rings. The van der Waals surface area contributed by atoms with Crippen molar-refractivity contribution in [2.45, 2.75) is 13.0 Å². The summed E-state index contributed by atoms with van der Waals surface area (Å²) in [7, 11) is 0.